The van der Waals surface area contributed by atoms with Crippen LogP contribution in [0.5, 0.6) is 5.75 Å². The van der Waals surface area contributed by atoms with Crippen molar-refractivity contribution in [3.63, 3.8) is 0 Å². The van der Waals surface area contributed by atoms with Gasteiger partial charge in [0.1, 0.15) is 12.4 Å². The monoisotopic (exact) mass is 283 g/mol. The lowest BCUT2D eigenvalue weighted by Crippen LogP contribution is -2.14. The van der Waals surface area contributed by atoms with E-state index < -0.39 is 0 Å². The number of rotatable bonds is 10. The van der Waals surface area contributed by atoms with Gasteiger partial charge < -0.3 is 10.1 Å². The summed E-state index contributed by atoms with van der Waals surface area (Å²) >= 11 is 0. The van der Waals surface area contributed by atoms with Crippen molar-refractivity contribution in [1.29, 1.82) is 0 Å². The summed E-state index contributed by atoms with van der Waals surface area (Å²) < 4.78 is 5.44. The lowest BCUT2D eigenvalue weighted by atomic mass is 10.2. The molecule has 108 valence electrons. The standard InChI is InChI=1S/C16H25NO.ClH/c1-3-5-6-7-12-17-14-15-8-10-16(11-9-15)18-13-4-2;/h4,8-11,17H,2-3,5-7,12-14H2,1H3;1H. The highest BCUT2D eigenvalue weighted by Crippen LogP contribution is 2.12. The van der Waals surface area contributed by atoms with Crippen LogP contribution in [0.4, 0.5) is 0 Å². The number of hydrogen-bond donors (Lipinski definition) is 1. The Labute approximate surface area is 123 Å². The SMILES string of the molecule is C=CCOc1ccc(CNCCCCCC)cc1.Cl. The van der Waals surface area contributed by atoms with Gasteiger partial charge in [0.15, 0.2) is 0 Å². The van der Waals surface area contributed by atoms with Crippen molar-refractivity contribution in [2.75, 3.05) is 13.2 Å². The predicted octanol–water partition coefficient (Wildman–Crippen LogP) is 4.34. The van der Waals surface area contributed by atoms with Crippen LogP contribution in [-0.2, 0) is 6.54 Å². The molecule has 19 heavy (non-hydrogen) atoms. The molecule has 0 fully saturated rings. The molecule has 1 N–H and O–H groups in total. The smallest absolute Gasteiger partial charge is 0.119 e. The first-order valence-corrected chi connectivity index (χ1v) is 6.90. The molecule has 0 aliphatic carbocycles. The Morgan fingerprint density at radius 1 is 1.16 bits per heavy atom. The summed E-state index contributed by atoms with van der Waals surface area (Å²) in [6.45, 7) is 8.48. The molecule has 0 aromatic heterocycles. The van der Waals surface area contributed by atoms with E-state index in [0.717, 1.165) is 18.8 Å². The van der Waals surface area contributed by atoms with E-state index >= 15 is 0 Å². The normalized spacial score (nSPS) is 9.74. The van der Waals surface area contributed by atoms with Crippen molar-refractivity contribution in [3.8, 4) is 5.75 Å². The Bertz CT molecular complexity index is 324. The molecule has 2 nitrogen and oxygen atoms in total. The lowest BCUT2D eigenvalue weighted by Gasteiger charge is -2.06. The summed E-state index contributed by atoms with van der Waals surface area (Å²) in [5, 5.41) is 3.47. The average molecular weight is 284 g/mol. The zero-order valence-corrected chi connectivity index (χ0v) is 12.7. The molecular weight excluding hydrogens is 258 g/mol. The van der Waals surface area contributed by atoms with Crippen LogP contribution < -0.4 is 10.1 Å². The molecule has 0 aliphatic heterocycles. The number of benzene rings is 1. The second-order valence-corrected chi connectivity index (χ2v) is 4.48. The quantitative estimate of drug-likeness (QED) is 0.509. The topological polar surface area (TPSA) is 21.3 Å². The van der Waals surface area contributed by atoms with E-state index in [4.69, 9.17) is 4.74 Å². The number of halogens is 1. The molecule has 0 radical (unpaired) electrons. The Morgan fingerprint density at radius 3 is 2.53 bits per heavy atom. The van der Waals surface area contributed by atoms with Gasteiger partial charge in [-0.15, -0.1) is 12.4 Å². The fraction of sp³-hybridized carbons (Fsp3) is 0.500. The van der Waals surface area contributed by atoms with Gasteiger partial charge in [-0.1, -0.05) is 51.0 Å². The minimum absolute atomic E-state index is 0. The molecule has 3 heteroatoms. The fourth-order valence-electron chi connectivity index (χ4n) is 1.77. The second kappa shape index (κ2) is 12.1. The van der Waals surface area contributed by atoms with Crippen LogP contribution in [0.2, 0.25) is 0 Å². The molecular formula is C16H26ClNO. The zero-order chi connectivity index (χ0) is 13.1. The van der Waals surface area contributed by atoms with Gasteiger partial charge in [-0.2, -0.15) is 0 Å². The molecule has 0 aliphatic rings. The third kappa shape index (κ3) is 8.68. The van der Waals surface area contributed by atoms with Crippen LogP contribution in [0.25, 0.3) is 0 Å². The van der Waals surface area contributed by atoms with Gasteiger partial charge in [-0.25, -0.2) is 0 Å². The summed E-state index contributed by atoms with van der Waals surface area (Å²) in [5.74, 6) is 0.904. The van der Waals surface area contributed by atoms with Crippen molar-refractivity contribution in [3.05, 3.63) is 42.5 Å². The predicted molar refractivity (Wildman–Crippen MR) is 85.2 cm³/mol. The summed E-state index contributed by atoms with van der Waals surface area (Å²) in [5.41, 5.74) is 1.30. The zero-order valence-electron chi connectivity index (χ0n) is 11.9. The van der Waals surface area contributed by atoms with E-state index in [1.807, 2.05) is 12.1 Å². The summed E-state index contributed by atoms with van der Waals surface area (Å²) in [4.78, 5) is 0. The number of hydrogen-bond acceptors (Lipinski definition) is 2. The van der Waals surface area contributed by atoms with E-state index in [9.17, 15) is 0 Å². The van der Waals surface area contributed by atoms with Crippen LogP contribution >= 0.6 is 12.4 Å². The third-order valence-corrected chi connectivity index (χ3v) is 2.83. The van der Waals surface area contributed by atoms with Gasteiger partial charge in [0.25, 0.3) is 0 Å². The highest BCUT2D eigenvalue weighted by atomic mass is 35.5. The molecule has 1 aromatic carbocycles. The van der Waals surface area contributed by atoms with Gasteiger partial charge >= 0.3 is 0 Å². The largest absolute Gasteiger partial charge is 0.490 e. The van der Waals surface area contributed by atoms with Gasteiger partial charge in [-0.05, 0) is 30.7 Å². The Hall–Kier alpha value is -0.990. The number of ether oxygens (including phenoxy) is 1. The first-order chi connectivity index (χ1) is 8.86. The minimum atomic E-state index is 0. The maximum absolute atomic E-state index is 5.44. The van der Waals surface area contributed by atoms with Crippen molar-refractivity contribution >= 4 is 12.4 Å². The van der Waals surface area contributed by atoms with Crippen LogP contribution in [0, 0.1) is 0 Å². The minimum Gasteiger partial charge on any atom is -0.490 e. The Morgan fingerprint density at radius 2 is 1.89 bits per heavy atom. The van der Waals surface area contributed by atoms with E-state index in [2.05, 4.69) is 31.0 Å². The Balaban J connectivity index is 0.00000324. The number of nitrogens with one attached hydrogen (secondary N) is 1. The molecule has 0 heterocycles. The van der Waals surface area contributed by atoms with Crippen LogP contribution in [0.3, 0.4) is 0 Å². The van der Waals surface area contributed by atoms with E-state index in [1.165, 1.54) is 31.2 Å². The molecule has 0 saturated carbocycles. The van der Waals surface area contributed by atoms with E-state index in [-0.39, 0.29) is 12.4 Å². The first kappa shape index (κ1) is 18.0. The Kier molecular flexibility index (Phi) is 11.4. The van der Waals surface area contributed by atoms with Crippen molar-refractivity contribution in [2.24, 2.45) is 0 Å². The summed E-state index contributed by atoms with van der Waals surface area (Å²) in [6, 6.07) is 8.24. The highest BCUT2D eigenvalue weighted by Gasteiger charge is 1.95. The van der Waals surface area contributed by atoms with Gasteiger partial charge in [-0.3, -0.25) is 0 Å². The molecule has 0 amide bonds. The first-order valence-electron chi connectivity index (χ1n) is 6.90. The summed E-state index contributed by atoms with van der Waals surface area (Å²) in [7, 11) is 0. The third-order valence-electron chi connectivity index (χ3n) is 2.83. The molecule has 0 bridgehead atoms. The molecule has 1 aromatic rings. The van der Waals surface area contributed by atoms with Crippen LogP contribution in [0.15, 0.2) is 36.9 Å². The van der Waals surface area contributed by atoms with Gasteiger partial charge in [0, 0.05) is 6.54 Å². The van der Waals surface area contributed by atoms with Crippen molar-refractivity contribution < 1.29 is 4.74 Å². The lowest BCUT2D eigenvalue weighted by molar-refractivity contribution is 0.363. The van der Waals surface area contributed by atoms with Gasteiger partial charge in [0.05, 0.1) is 0 Å². The van der Waals surface area contributed by atoms with Crippen molar-refractivity contribution in [2.45, 2.75) is 39.2 Å². The molecule has 0 unspecified atom stereocenters. The molecule has 0 spiro atoms. The second-order valence-electron chi connectivity index (χ2n) is 4.48. The maximum atomic E-state index is 5.44. The van der Waals surface area contributed by atoms with Gasteiger partial charge in [0.2, 0.25) is 0 Å². The fourth-order valence-corrected chi connectivity index (χ4v) is 1.77. The average Bonchev–Trinajstić information content (AvgIpc) is 2.42. The molecule has 1 rings (SSSR count). The van der Waals surface area contributed by atoms with Crippen LogP contribution in [0.1, 0.15) is 38.2 Å². The number of unbranched alkanes of at least 4 members (excludes halogenated alkanes) is 3. The van der Waals surface area contributed by atoms with E-state index in [1.54, 1.807) is 6.08 Å². The van der Waals surface area contributed by atoms with E-state index in [0.29, 0.717) is 6.61 Å². The molecule has 0 atom stereocenters. The maximum Gasteiger partial charge on any atom is 0.119 e. The van der Waals surface area contributed by atoms with Crippen molar-refractivity contribution in [1.82, 2.24) is 5.32 Å². The molecule has 0 saturated heterocycles. The highest BCUT2D eigenvalue weighted by molar-refractivity contribution is 5.85. The summed E-state index contributed by atoms with van der Waals surface area (Å²) in [6.07, 6.45) is 7.00. The van der Waals surface area contributed by atoms with Crippen LogP contribution in [-0.4, -0.2) is 13.2 Å².